The van der Waals surface area contributed by atoms with Crippen LogP contribution in [0.3, 0.4) is 0 Å². The van der Waals surface area contributed by atoms with Gasteiger partial charge in [-0.05, 0) is 26.2 Å². The van der Waals surface area contributed by atoms with E-state index in [0.717, 1.165) is 51.4 Å². The largest absolute Gasteiger partial charge is 0.414 e. The van der Waals surface area contributed by atoms with Crippen molar-refractivity contribution in [3.63, 3.8) is 0 Å². The quantitative estimate of drug-likeness (QED) is 0.402. The number of ether oxygens (including phenoxy) is 1. The Labute approximate surface area is 134 Å². The van der Waals surface area contributed by atoms with Gasteiger partial charge in [0.2, 0.25) is 0 Å². The van der Waals surface area contributed by atoms with Gasteiger partial charge in [-0.3, -0.25) is 0 Å². The normalized spacial score (nSPS) is 20.0. The van der Waals surface area contributed by atoms with Gasteiger partial charge in [-0.2, -0.15) is 13.2 Å². The lowest BCUT2D eigenvalue weighted by molar-refractivity contribution is -0.257. The number of halogens is 3. The van der Waals surface area contributed by atoms with Crippen LogP contribution in [0.4, 0.5) is 13.2 Å². The first kappa shape index (κ1) is 19.8. The smallest absolute Gasteiger partial charge is 0.363 e. The average Bonchev–Trinajstić information content (AvgIpc) is 2.44. The van der Waals surface area contributed by atoms with E-state index in [1.165, 1.54) is 19.3 Å². The van der Waals surface area contributed by atoms with Crippen LogP contribution in [-0.4, -0.2) is 17.9 Å². The van der Waals surface area contributed by atoms with Crippen LogP contribution in [0.25, 0.3) is 0 Å². The second kappa shape index (κ2) is 9.79. The monoisotopic (exact) mass is 322 g/mol. The summed E-state index contributed by atoms with van der Waals surface area (Å²) < 4.78 is 45.2. The fourth-order valence-corrected chi connectivity index (χ4v) is 3.34. The summed E-state index contributed by atoms with van der Waals surface area (Å²) in [6.45, 7) is 4.02. The van der Waals surface area contributed by atoms with Gasteiger partial charge in [0.1, 0.15) is 0 Å². The molecule has 1 aliphatic rings. The lowest BCUT2D eigenvalue weighted by Crippen LogP contribution is -2.42. The Hall–Kier alpha value is -0.250. The summed E-state index contributed by atoms with van der Waals surface area (Å²) >= 11 is 0. The maximum Gasteiger partial charge on any atom is 0.414 e. The lowest BCUT2D eigenvalue weighted by Gasteiger charge is -2.37. The van der Waals surface area contributed by atoms with E-state index in [-0.39, 0.29) is 6.42 Å². The highest BCUT2D eigenvalue weighted by atomic mass is 19.4. The van der Waals surface area contributed by atoms with Crippen LogP contribution in [0.5, 0.6) is 0 Å². The molecule has 1 nitrogen and oxygen atoms in total. The van der Waals surface area contributed by atoms with Gasteiger partial charge in [0.15, 0.2) is 6.10 Å². The maximum absolute atomic E-state index is 13.2. The van der Waals surface area contributed by atoms with Crippen molar-refractivity contribution in [2.75, 3.05) is 0 Å². The molecule has 0 aromatic heterocycles. The summed E-state index contributed by atoms with van der Waals surface area (Å²) in [5.74, 6) is 0. The highest BCUT2D eigenvalue weighted by Gasteiger charge is 2.44. The third-order valence-electron chi connectivity index (χ3n) is 4.77. The molecule has 0 heterocycles. The van der Waals surface area contributed by atoms with Crippen LogP contribution in [0.2, 0.25) is 0 Å². The molecule has 4 heteroatoms. The van der Waals surface area contributed by atoms with E-state index in [2.05, 4.69) is 6.92 Å². The zero-order chi connectivity index (χ0) is 16.5. The van der Waals surface area contributed by atoms with Gasteiger partial charge in [0.25, 0.3) is 0 Å². The number of hydrogen-bond acceptors (Lipinski definition) is 1. The second-order valence-electron chi connectivity index (χ2n) is 7.07. The van der Waals surface area contributed by atoms with Gasteiger partial charge in [-0.25, -0.2) is 0 Å². The molecule has 1 saturated carbocycles. The minimum atomic E-state index is -4.23. The van der Waals surface area contributed by atoms with Gasteiger partial charge in [-0.1, -0.05) is 71.1 Å². The summed E-state index contributed by atoms with van der Waals surface area (Å²) in [6.07, 6.45) is 6.23. The SMILES string of the molecule is CCCCCCCCCC(OC1(C)CCCCC1)C(F)(F)F. The highest BCUT2D eigenvalue weighted by Crippen LogP contribution is 2.37. The first-order chi connectivity index (χ1) is 10.4. The molecule has 1 unspecified atom stereocenters. The number of unbranched alkanes of at least 4 members (excludes halogenated alkanes) is 6. The van der Waals surface area contributed by atoms with Crippen molar-refractivity contribution in [2.24, 2.45) is 0 Å². The predicted octanol–water partition coefficient (Wildman–Crippen LogP) is 6.80. The van der Waals surface area contributed by atoms with Crippen LogP contribution >= 0.6 is 0 Å². The Morgan fingerprint density at radius 2 is 1.45 bits per heavy atom. The van der Waals surface area contributed by atoms with Crippen molar-refractivity contribution >= 4 is 0 Å². The summed E-state index contributed by atoms with van der Waals surface area (Å²) in [5, 5.41) is 0. The van der Waals surface area contributed by atoms with Gasteiger partial charge in [0.05, 0.1) is 5.60 Å². The van der Waals surface area contributed by atoms with E-state index < -0.39 is 17.9 Å². The van der Waals surface area contributed by atoms with Crippen LogP contribution in [0, 0.1) is 0 Å². The molecule has 1 rings (SSSR count). The molecule has 0 bridgehead atoms. The third-order valence-corrected chi connectivity index (χ3v) is 4.77. The second-order valence-corrected chi connectivity index (χ2v) is 7.07. The van der Waals surface area contributed by atoms with E-state index in [9.17, 15) is 13.2 Å². The average molecular weight is 322 g/mol. The van der Waals surface area contributed by atoms with E-state index in [1.54, 1.807) is 0 Å². The summed E-state index contributed by atoms with van der Waals surface area (Å²) in [5.41, 5.74) is -0.570. The molecular formula is C18H33F3O. The molecule has 0 radical (unpaired) electrons. The molecule has 1 aliphatic carbocycles. The van der Waals surface area contributed by atoms with Gasteiger partial charge >= 0.3 is 6.18 Å². The van der Waals surface area contributed by atoms with Crippen molar-refractivity contribution in [2.45, 2.75) is 115 Å². The molecule has 0 N–H and O–H groups in total. The summed E-state index contributed by atoms with van der Waals surface area (Å²) in [4.78, 5) is 0. The van der Waals surface area contributed by atoms with Crippen molar-refractivity contribution in [3.05, 3.63) is 0 Å². The first-order valence-electron chi connectivity index (χ1n) is 9.12. The van der Waals surface area contributed by atoms with Crippen LogP contribution < -0.4 is 0 Å². The van der Waals surface area contributed by atoms with Crippen molar-refractivity contribution < 1.29 is 17.9 Å². The molecule has 132 valence electrons. The van der Waals surface area contributed by atoms with Crippen LogP contribution in [0.15, 0.2) is 0 Å². The van der Waals surface area contributed by atoms with Crippen molar-refractivity contribution in [1.29, 1.82) is 0 Å². The molecular weight excluding hydrogens is 289 g/mol. The highest BCUT2D eigenvalue weighted by molar-refractivity contribution is 4.83. The Kier molecular flexibility index (Phi) is 8.81. The minimum absolute atomic E-state index is 0.118. The Morgan fingerprint density at radius 3 is 2.00 bits per heavy atom. The lowest BCUT2D eigenvalue weighted by atomic mass is 9.86. The van der Waals surface area contributed by atoms with Crippen LogP contribution in [-0.2, 0) is 4.74 Å². The fourth-order valence-electron chi connectivity index (χ4n) is 3.34. The minimum Gasteiger partial charge on any atom is -0.363 e. The van der Waals surface area contributed by atoms with E-state index in [1.807, 2.05) is 6.92 Å². The van der Waals surface area contributed by atoms with Crippen molar-refractivity contribution in [3.8, 4) is 0 Å². The molecule has 0 aliphatic heterocycles. The number of rotatable bonds is 10. The zero-order valence-corrected chi connectivity index (χ0v) is 14.3. The Balaban J connectivity index is 2.32. The zero-order valence-electron chi connectivity index (χ0n) is 14.3. The Morgan fingerprint density at radius 1 is 0.909 bits per heavy atom. The standard InChI is InChI=1S/C18H33F3O/c1-3-4-5-6-7-8-10-13-16(18(19,20)21)22-17(2)14-11-9-12-15-17/h16H,3-15H2,1-2H3. The third kappa shape index (κ3) is 7.85. The van der Waals surface area contributed by atoms with Crippen LogP contribution in [0.1, 0.15) is 97.3 Å². The molecule has 0 spiro atoms. The van der Waals surface area contributed by atoms with E-state index >= 15 is 0 Å². The van der Waals surface area contributed by atoms with Gasteiger partial charge in [0, 0.05) is 0 Å². The molecule has 0 saturated heterocycles. The fraction of sp³-hybridized carbons (Fsp3) is 1.00. The molecule has 0 aromatic carbocycles. The topological polar surface area (TPSA) is 9.23 Å². The molecule has 1 fully saturated rings. The summed E-state index contributed by atoms with van der Waals surface area (Å²) in [6, 6.07) is 0. The number of hydrogen-bond donors (Lipinski definition) is 0. The molecule has 1 atom stereocenters. The van der Waals surface area contributed by atoms with Gasteiger partial charge < -0.3 is 4.74 Å². The Bertz CT molecular complexity index is 283. The van der Waals surface area contributed by atoms with Gasteiger partial charge in [-0.15, -0.1) is 0 Å². The summed E-state index contributed by atoms with van der Waals surface area (Å²) in [7, 11) is 0. The predicted molar refractivity (Wildman–Crippen MR) is 85.0 cm³/mol. The van der Waals surface area contributed by atoms with Crippen molar-refractivity contribution in [1.82, 2.24) is 0 Å². The maximum atomic E-state index is 13.2. The molecule has 0 amide bonds. The number of alkyl halides is 3. The van der Waals surface area contributed by atoms with E-state index in [0.29, 0.717) is 6.42 Å². The molecule has 22 heavy (non-hydrogen) atoms. The molecule has 0 aromatic rings. The first-order valence-corrected chi connectivity index (χ1v) is 9.12. The van der Waals surface area contributed by atoms with E-state index in [4.69, 9.17) is 4.74 Å².